The molecule has 4 nitrogen and oxygen atoms in total. The third-order valence-corrected chi connectivity index (χ3v) is 5.74. The third kappa shape index (κ3) is 2.95. The van der Waals surface area contributed by atoms with Crippen molar-refractivity contribution in [2.45, 2.75) is 46.0 Å². The van der Waals surface area contributed by atoms with Crippen molar-refractivity contribution < 1.29 is 14.7 Å². The van der Waals surface area contributed by atoms with Gasteiger partial charge in [-0.2, -0.15) is 0 Å². The van der Waals surface area contributed by atoms with Crippen molar-refractivity contribution >= 4 is 11.9 Å². The molecular weight excluding hydrogens is 266 g/mol. The highest BCUT2D eigenvalue weighted by Crippen LogP contribution is 2.56. The van der Waals surface area contributed by atoms with Crippen LogP contribution in [0.5, 0.6) is 0 Å². The van der Waals surface area contributed by atoms with Gasteiger partial charge in [0.15, 0.2) is 0 Å². The molecule has 0 aromatic carbocycles. The fourth-order valence-corrected chi connectivity index (χ4v) is 5.38. The van der Waals surface area contributed by atoms with E-state index >= 15 is 0 Å². The van der Waals surface area contributed by atoms with E-state index in [0.29, 0.717) is 24.3 Å². The number of nitrogens with zero attached hydrogens (tertiary/aromatic N) is 1. The van der Waals surface area contributed by atoms with Crippen LogP contribution < -0.4 is 0 Å². The van der Waals surface area contributed by atoms with Gasteiger partial charge in [-0.05, 0) is 61.7 Å². The SMILES string of the molecule is CC(C)CN(CC(=O)O)C(=O)C1C2CC3CC(C2)CC1C3. The molecule has 0 aromatic rings. The molecule has 1 N–H and O–H groups in total. The highest BCUT2D eigenvalue weighted by Gasteiger charge is 2.51. The molecule has 4 saturated carbocycles. The molecule has 0 saturated heterocycles. The van der Waals surface area contributed by atoms with Crippen LogP contribution in [-0.4, -0.2) is 35.0 Å². The summed E-state index contributed by atoms with van der Waals surface area (Å²) in [5, 5.41) is 9.10. The second kappa shape index (κ2) is 5.62. The summed E-state index contributed by atoms with van der Waals surface area (Å²) in [6, 6.07) is 0. The highest BCUT2D eigenvalue weighted by molar-refractivity contribution is 5.83. The van der Waals surface area contributed by atoms with Gasteiger partial charge >= 0.3 is 5.97 Å². The lowest BCUT2D eigenvalue weighted by Crippen LogP contribution is -2.53. The summed E-state index contributed by atoms with van der Waals surface area (Å²) in [5.41, 5.74) is 0. The minimum Gasteiger partial charge on any atom is -0.480 e. The Hall–Kier alpha value is -1.06. The Balaban J connectivity index is 1.74. The van der Waals surface area contributed by atoms with E-state index in [9.17, 15) is 9.59 Å². The van der Waals surface area contributed by atoms with E-state index in [2.05, 4.69) is 0 Å². The number of hydrogen-bond acceptors (Lipinski definition) is 2. The smallest absolute Gasteiger partial charge is 0.323 e. The zero-order chi connectivity index (χ0) is 15.1. The summed E-state index contributed by atoms with van der Waals surface area (Å²) < 4.78 is 0. The Bertz CT molecular complexity index is 404. The minimum absolute atomic E-state index is 0.107. The summed E-state index contributed by atoms with van der Waals surface area (Å²) in [4.78, 5) is 25.7. The van der Waals surface area contributed by atoms with Crippen LogP contribution in [0.2, 0.25) is 0 Å². The van der Waals surface area contributed by atoms with E-state index in [1.165, 1.54) is 32.1 Å². The Morgan fingerprint density at radius 3 is 2.00 bits per heavy atom. The molecule has 4 aliphatic carbocycles. The van der Waals surface area contributed by atoms with E-state index in [0.717, 1.165) is 11.8 Å². The first-order valence-corrected chi connectivity index (χ1v) is 8.44. The van der Waals surface area contributed by atoms with Crippen molar-refractivity contribution in [2.24, 2.45) is 35.5 Å². The Morgan fingerprint density at radius 1 is 1.05 bits per heavy atom. The molecule has 4 aliphatic rings. The summed E-state index contributed by atoms with van der Waals surface area (Å²) in [7, 11) is 0. The molecule has 4 rings (SSSR count). The lowest BCUT2D eigenvalue weighted by Gasteiger charge is -2.54. The molecule has 0 aromatic heterocycles. The summed E-state index contributed by atoms with van der Waals surface area (Å²) in [6.07, 6.45) is 6.18. The van der Waals surface area contributed by atoms with Crippen LogP contribution in [0.1, 0.15) is 46.0 Å². The second-order valence-corrected chi connectivity index (χ2v) is 7.96. The molecule has 0 unspecified atom stereocenters. The zero-order valence-corrected chi connectivity index (χ0v) is 13.1. The Labute approximate surface area is 126 Å². The first-order valence-electron chi connectivity index (χ1n) is 8.44. The van der Waals surface area contributed by atoms with Gasteiger partial charge in [0.1, 0.15) is 6.54 Å². The maximum Gasteiger partial charge on any atom is 0.323 e. The maximum atomic E-state index is 13.0. The Kier molecular flexibility index (Phi) is 3.98. The van der Waals surface area contributed by atoms with Crippen molar-refractivity contribution in [1.82, 2.24) is 4.90 Å². The quantitative estimate of drug-likeness (QED) is 0.847. The van der Waals surface area contributed by atoms with E-state index in [4.69, 9.17) is 5.11 Å². The molecule has 4 fully saturated rings. The fourth-order valence-electron chi connectivity index (χ4n) is 5.38. The molecule has 0 spiro atoms. The monoisotopic (exact) mass is 293 g/mol. The number of carboxylic acids is 1. The molecule has 21 heavy (non-hydrogen) atoms. The van der Waals surface area contributed by atoms with E-state index in [-0.39, 0.29) is 18.4 Å². The molecule has 118 valence electrons. The van der Waals surface area contributed by atoms with E-state index in [1.54, 1.807) is 4.90 Å². The Morgan fingerprint density at radius 2 is 1.57 bits per heavy atom. The predicted octanol–water partition coefficient (Wildman–Crippen LogP) is 2.63. The van der Waals surface area contributed by atoms with Gasteiger partial charge in [-0.15, -0.1) is 0 Å². The molecule has 1 amide bonds. The number of carbonyl (C=O) groups excluding carboxylic acids is 1. The topological polar surface area (TPSA) is 57.6 Å². The van der Waals surface area contributed by atoms with Crippen molar-refractivity contribution in [3.63, 3.8) is 0 Å². The molecular formula is C17H27NO3. The van der Waals surface area contributed by atoms with E-state index < -0.39 is 5.97 Å². The fraction of sp³-hybridized carbons (Fsp3) is 0.882. The lowest BCUT2D eigenvalue weighted by molar-refractivity contribution is -0.155. The van der Waals surface area contributed by atoms with Gasteiger partial charge < -0.3 is 10.0 Å². The average molecular weight is 293 g/mol. The number of amides is 1. The van der Waals surface area contributed by atoms with Gasteiger partial charge in [0.2, 0.25) is 5.91 Å². The molecule has 4 bridgehead atoms. The largest absolute Gasteiger partial charge is 0.480 e. The van der Waals surface area contributed by atoms with Crippen LogP contribution in [0.15, 0.2) is 0 Å². The van der Waals surface area contributed by atoms with Gasteiger partial charge in [-0.1, -0.05) is 13.8 Å². The zero-order valence-electron chi connectivity index (χ0n) is 13.1. The summed E-state index contributed by atoms with van der Waals surface area (Å²) >= 11 is 0. The van der Waals surface area contributed by atoms with Gasteiger partial charge in [0.05, 0.1) is 0 Å². The predicted molar refractivity (Wildman–Crippen MR) is 79.6 cm³/mol. The number of rotatable bonds is 5. The first kappa shape index (κ1) is 14.9. The molecule has 0 aliphatic heterocycles. The molecule has 0 atom stereocenters. The number of aliphatic carboxylic acids is 1. The normalized spacial score (nSPS) is 37.0. The van der Waals surface area contributed by atoms with Crippen LogP contribution in [0.4, 0.5) is 0 Å². The van der Waals surface area contributed by atoms with Crippen molar-refractivity contribution in [3.8, 4) is 0 Å². The van der Waals surface area contributed by atoms with Crippen molar-refractivity contribution in [1.29, 1.82) is 0 Å². The standard InChI is InChI=1S/C17H27NO3/c1-10(2)8-18(9-15(19)20)17(21)16-13-4-11-3-12(6-13)7-14(16)5-11/h10-14,16H,3-9H2,1-2H3,(H,19,20). The number of hydrogen-bond donors (Lipinski definition) is 1. The lowest BCUT2D eigenvalue weighted by atomic mass is 9.51. The average Bonchev–Trinajstić information content (AvgIpc) is 2.35. The van der Waals surface area contributed by atoms with Crippen LogP contribution in [0.3, 0.4) is 0 Å². The van der Waals surface area contributed by atoms with Crippen LogP contribution >= 0.6 is 0 Å². The van der Waals surface area contributed by atoms with Gasteiger partial charge in [0.25, 0.3) is 0 Å². The van der Waals surface area contributed by atoms with Crippen LogP contribution in [0.25, 0.3) is 0 Å². The molecule has 0 heterocycles. The second-order valence-electron chi connectivity index (χ2n) is 7.96. The van der Waals surface area contributed by atoms with Gasteiger partial charge in [-0.25, -0.2) is 0 Å². The van der Waals surface area contributed by atoms with E-state index in [1.807, 2.05) is 13.8 Å². The van der Waals surface area contributed by atoms with Crippen molar-refractivity contribution in [2.75, 3.05) is 13.1 Å². The highest BCUT2D eigenvalue weighted by atomic mass is 16.4. The summed E-state index contributed by atoms with van der Waals surface area (Å²) in [5.74, 6) is 2.38. The molecule has 0 radical (unpaired) electrons. The van der Waals surface area contributed by atoms with Gasteiger partial charge in [0, 0.05) is 12.5 Å². The first-order chi connectivity index (χ1) is 9.94. The van der Waals surface area contributed by atoms with Crippen LogP contribution in [0, 0.1) is 35.5 Å². The molecule has 4 heteroatoms. The maximum absolute atomic E-state index is 13.0. The number of carbonyl (C=O) groups is 2. The summed E-state index contributed by atoms with van der Waals surface area (Å²) in [6.45, 7) is 4.51. The third-order valence-electron chi connectivity index (χ3n) is 5.74. The van der Waals surface area contributed by atoms with Crippen molar-refractivity contribution in [3.05, 3.63) is 0 Å². The number of carboxylic acid groups (broad SMARTS) is 1. The van der Waals surface area contributed by atoms with Gasteiger partial charge in [-0.3, -0.25) is 9.59 Å². The van der Waals surface area contributed by atoms with Crippen LogP contribution in [-0.2, 0) is 9.59 Å². The minimum atomic E-state index is -0.896.